The van der Waals surface area contributed by atoms with E-state index in [0.717, 1.165) is 17.2 Å². The van der Waals surface area contributed by atoms with Crippen molar-refractivity contribution < 1.29 is 4.74 Å². The van der Waals surface area contributed by atoms with Gasteiger partial charge in [0.25, 0.3) is 0 Å². The van der Waals surface area contributed by atoms with Gasteiger partial charge in [0.15, 0.2) is 0 Å². The molecule has 1 aromatic heterocycles. The molecule has 2 aromatic rings. The van der Waals surface area contributed by atoms with Gasteiger partial charge in [0, 0.05) is 6.04 Å². The van der Waals surface area contributed by atoms with Crippen molar-refractivity contribution in [2.75, 3.05) is 0 Å². The molecule has 88 valence electrons. The van der Waals surface area contributed by atoms with Crippen LogP contribution in [0.25, 0.3) is 0 Å². The second kappa shape index (κ2) is 4.97. The zero-order valence-electron chi connectivity index (χ0n) is 10.1. The molecule has 17 heavy (non-hydrogen) atoms. The molecule has 0 aliphatic rings. The standard InChI is InChI=1S/C14H16N2O/c1-10-4-3-5-12(8-10)17-13-6-7-14(11(2)15)16-9-13/h3-9,11H,15H2,1-2H3/t11-/m0/s1. The molecule has 0 fully saturated rings. The minimum Gasteiger partial charge on any atom is -0.456 e. The lowest BCUT2D eigenvalue weighted by Crippen LogP contribution is -2.06. The highest BCUT2D eigenvalue weighted by molar-refractivity contribution is 5.32. The van der Waals surface area contributed by atoms with E-state index in [1.54, 1.807) is 6.20 Å². The zero-order valence-corrected chi connectivity index (χ0v) is 10.1. The number of nitrogens with zero attached hydrogens (tertiary/aromatic N) is 1. The van der Waals surface area contributed by atoms with Crippen molar-refractivity contribution in [1.82, 2.24) is 4.98 Å². The Morgan fingerprint density at radius 1 is 1.18 bits per heavy atom. The Morgan fingerprint density at radius 2 is 2.00 bits per heavy atom. The molecule has 0 saturated carbocycles. The van der Waals surface area contributed by atoms with Crippen molar-refractivity contribution in [3.63, 3.8) is 0 Å². The minimum absolute atomic E-state index is 0.0528. The van der Waals surface area contributed by atoms with Gasteiger partial charge in [-0.3, -0.25) is 4.98 Å². The lowest BCUT2D eigenvalue weighted by molar-refractivity contribution is 0.479. The zero-order chi connectivity index (χ0) is 12.3. The largest absolute Gasteiger partial charge is 0.456 e. The summed E-state index contributed by atoms with van der Waals surface area (Å²) in [5.41, 5.74) is 7.76. The monoisotopic (exact) mass is 228 g/mol. The predicted octanol–water partition coefficient (Wildman–Crippen LogP) is 3.20. The topological polar surface area (TPSA) is 48.1 Å². The molecule has 0 saturated heterocycles. The van der Waals surface area contributed by atoms with Crippen molar-refractivity contribution in [1.29, 1.82) is 0 Å². The van der Waals surface area contributed by atoms with E-state index in [4.69, 9.17) is 10.5 Å². The average Bonchev–Trinajstić information content (AvgIpc) is 2.29. The molecule has 3 heteroatoms. The number of aryl methyl sites for hydroxylation is 1. The Labute approximate surface area is 101 Å². The molecule has 1 atom stereocenters. The summed E-state index contributed by atoms with van der Waals surface area (Å²) in [7, 11) is 0. The van der Waals surface area contributed by atoms with Crippen molar-refractivity contribution >= 4 is 0 Å². The smallest absolute Gasteiger partial charge is 0.145 e. The molecular formula is C14H16N2O. The molecule has 0 unspecified atom stereocenters. The lowest BCUT2D eigenvalue weighted by atomic mass is 10.2. The summed E-state index contributed by atoms with van der Waals surface area (Å²) < 4.78 is 5.69. The molecule has 0 radical (unpaired) electrons. The Balaban J connectivity index is 2.14. The number of ether oxygens (including phenoxy) is 1. The number of aromatic nitrogens is 1. The number of rotatable bonds is 3. The lowest BCUT2D eigenvalue weighted by Gasteiger charge is -2.08. The van der Waals surface area contributed by atoms with Crippen LogP contribution in [0.1, 0.15) is 24.2 Å². The van der Waals surface area contributed by atoms with Crippen molar-refractivity contribution in [3.8, 4) is 11.5 Å². The van der Waals surface area contributed by atoms with E-state index in [1.807, 2.05) is 50.2 Å². The van der Waals surface area contributed by atoms with Gasteiger partial charge >= 0.3 is 0 Å². The van der Waals surface area contributed by atoms with E-state index in [1.165, 1.54) is 5.56 Å². The fourth-order valence-electron chi connectivity index (χ4n) is 1.54. The maximum Gasteiger partial charge on any atom is 0.145 e. The Morgan fingerprint density at radius 3 is 2.59 bits per heavy atom. The molecule has 0 amide bonds. The van der Waals surface area contributed by atoms with Crippen molar-refractivity contribution in [3.05, 3.63) is 53.9 Å². The second-order valence-corrected chi connectivity index (χ2v) is 4.13. The highest BCUT2D eigenvalue weighted by atomic mass is 16.5. The summed E-state index contributed by atoms with van der Waals surface area (Å²) in [4.78, 5) is 4.25. The summed E-state index contributed by atoms with van der Waals surface area (Å²) in [6, 6.07) is 11.6. The van der Waals surface area contributed by atoms with Gasteiger partial charge in [-0.25, -0.2) is 0 Å². The third-order valence-electron chi connectivity index (χ3n) is 2.45. The third-order valence-corrected chi connectivity index (χ3v) is 2.45. The summed E-state index contributed by atoms with van der Waals surface area (Å²) in [5, 5.41) is 0. The van der Waals surface area contributed by atoms with Crippen LogP contribution in [0.5, 0.6) is 11.5 Å². The molecule has 3 nitrogen and oxygen atoms in total. The highest BCUT2D eigenvalue weighted by Gasteiger charge is 2.02. The van der Waals surface area contributed by atoms with Crippen LogP contribution in [0.3, 0.4) is 0 Å². The van der Waals surface area contributed by atoms with Gasteiger partial charge in [-0.05, 0) is 43.7 Å². The molecular weight excluding hydrogens is 212 g/mol. The molecule has 2 N–H and O–H groups in total. The molecule has 0 bridgehead atoms. The van der Waals surface area contributed by atoms with Gasteiger partial charge in [-0.15, -0.1) is 0 Å². The van der Waals surface area contributed by atoms with Crippen LogP contribution in [-0.4, -0.2) is 4.98 Å². The first kappa shape index (κ1) is 11.6. The predicted molar refractivity (Wildman–Crippen MR) is 68.1 cm³/mol. The number of hydrogen-bond acceptors (Lipinski definition) is 3. The Kier molecular flexibility index (Phi) is 3.40. The van der Waals surface area contributed by atoms with Crippen LogP contribution in [0.15, 0.2) is 42.6 Å². The van der Waals surface area contributed by atoms with E-state index >= 15 is 0 Å². The van der Waals surface area contributed by atoms with E-state index < -0.39 is 0 Å². The molecule has 0 aliphatic heterocycles. The third kappa shape index (κ3) is 3.04. The van der Waals surface area contributed by atoms with Crippen LogP contribution < -0.4 is 10.5 Å². The number of hydrogen-bond donors (Lipinski definition) is 1. The normalized spacial score (nSPS) is 12.2. The van der Waals surface area contributed by atoms with Gasteiger partial charge < -0.3 is 10.5 Å². The van der Waals surface area contributed by atoms with E-state index in [-0.39, 0.29) is 6.04 Å². The fraction of sp³-hybridized carbons (Fsp3) is 0.214. The van der Waals surface area contributed by atoms with Gasteiger partial charge in [-0.1, -0.05) is 12.1 Å². The fourth-order valence-corrected chi connectivity index (χ4v) is 1.54. The van der Waals surface area contributed by atoms with Crippen molar-refractivity contribution in [2.24, 2.45) is 5.73 Å². The first-order chi connectivity index (χ1) is 8.15. The van der Waals surface area contributed by atoms with Gasteiger partial charge in [0.1, 0.15) is 11.5 Å². The minimum atomic E-state index is -0.0528. The second-order valence-electron chi connectivity index (χ2n) is 4.13. The summed E-state index contributed by atoms with van der Waals surface area (Å²) in [6.45, 7) is 3.94. The van der Waals surface area contributed by atoms with E-state index in [2.05, 4.69) is 4.98 Å². The molecule has 0 spiro atoms. The quantitative estimate of drug-likeness (QED) is 0.877. The maximum absolute atomic E-state index is 5.73. The summed E-state index contributed by atoms with van der Waals surface area (Å²) >= 11 is 0. The summed E-state index contributed by atoms with van der Waals surface area (Å²) in [5.74, 6) is 1.54. The van der Waals surface area contributed by atoms with Gasteiger partial charge in [0.2, 0.25) is 0 Å². The Bertz CT molecular complexity index is 492. The first-order valence-electron chi connectivity index (χ1n) is 5.61. The van der Waals surface area contributed by atoms with Crippen LogP contribution in [0.4, 0.5) is 0 Å². The van der Waals surface area contributed by atoms with E-state index in [0.29, 0.717) is 0 Å². The van der Waals surface area contributed by atoms with Crippen LogP contribution in [0, 0.1) is 6.92 Å². The summed E-state index contributed by atoms with van der Waals surface area (Å²) in [6.07, 6.45) is 1.70. The number of benzene rings is 1. The molecule has 1 heterocycles. The number of pyridine rings is 1. The van der Waals surface area contributed by atoms with E-state index in [9.17, 15) is 0 Å². The van der Waals surface area contributed by atoms with Crippen LogP contribution >= 0.6 is 0 Å². The average molecular weight is 228 g/mol. The molecule has 0 aliphatic carbocycles. The first-order valence-corrected chi connectivity index (χ1v) is 5.61. The van der Waals surface area contributed by atoms with Gasteiger partial charge in [-0.2, -0.15) is 0 Å². The molecule has 1 aromatic carbocycles. The Hall–Kier alpha value is -1.87. The van der Waals surface area contributed by atoms with Crippen molar-refractivity contribution in [2.45, 2.75) is 19.9 Å². The highest BCUT2D eigenvalue weighted by Crippen LogP contribution is 2.22. The van der Waals surface area contributed by atoms with Crippen LogP contribution in [-0.2, 0) is 0 Å². The van der Waals surface area contributed by atoms with Crippen LogP contribution in [0.2, 0.25) is 0 Å². The SMILES string of the molecule is Cc1cccc(Oc2ccc([C@H](C)N)nc2)c1. The number of nitrogens with two attached hydrogens (primary N) is 1. The van der Waals surface area contributed by atoms with Gasteiger partial charge in [0.05, 0.1) is 11.9 Å². The molecule has 2 rings (SSSR count). The maximum atomic E-state index is 5.73.